The summed E-state index contributed by atoms with van der Waals surface area (Å²) >= 11 is 5.85. The smallest absolute Gasteiger partial charge is 0.127 e. The average molecular weight is 317 g/mol. The third-order valence-electron chi connectivity index (χ3n) is 3.90. The minimum Gasteiger partial charge on any atom is -0.211 e. The third-order valence-corrected chi connectivity index (χ3v) is 4.15. The average Bonchev–Trinajstić information content (AvgIpc) is 2.48. The van der Waals surface area contributed by atoms with E-state index < -0.39 is 0 Å². The fourth-order valence-electron chi connectivity index (χ4n) is 2.70. The van der Waals surface area contributed by atoms with Crippen LogP contribution in [0.5, 0.6) is 0 Å². The molecule has 3 heteroatoms. The van der Waals surface area contributed by atoms with Crippen molar-refractivity contribution in [2.24, 2.45) is 0 Å². The first-order valence-electron chi connectivity index (χ1n) is 7.13. The molecule has 2 aromatic rings. The predicted molar refractivity (Wildman–Crippen MR) is 87.1 cm³/mol. The molecule has 1 aliphatic rings. The predicted octanol–water partition coefficient (Wildman–Crippen LogP) is 6.21. The largest absolute Gasteiger partial charge is 0.211 e. The fourth-order valence-corrected chi connectivity index (χ4v) is 2.83. The first kappa shape index (κ1) is 15.0. The van der Waals surface area contributed by atoms with E-state index in [-0.39, 0.29) is 24.0 Å². The zero-order valence-electron chi connectivity index (χ0n) is 12.1. The minimum absolute atomic E-state index is 0.175. The van der Waals surface area contributed by atoms with Crippen LogP contribution in [0.2, 0.25) is 5.02 Å². The molecule has 1 aliphatic carbocycles. The molecular weight excluding hydrogens is 302 g/mol. The Hall–Kier alpha value is -1.93. The maximum Gasteiger partial charge on any atom is 0.127 e. The lowest BCUT2D eigenvalue weighted by Gasteiger charge is -2.19. The molecule has 0 amide bonds. The Morgan fingerprint density at radius 2 is 1.77 bits per heavy atom. The monoisotopic (exact) mass is 316 g/mol. The Labute approximate surface area is 133 Å². The zero-order valence-corrected chi connectivity index (χ0v) is 12.9. The van der Waals surface area contributed by atoms with Gasteiger partial charge in [-0.25, -0.2) is 8.78 Å². The number of allylic oxidation sites excluding steroid dienone is 4. The van der Waals surface area contributed by atoms with Crippen LogP contribution in [-0.4, -0.2) is 0 Å². The lowest BCUT2D eigenvalue weighted by molar-refractivity contribution is 0.549. The van der Waals surface area contributed by atoms with Crippen molar-refractivity contribution >= 4 is 17.2 Å². The number of aryl methyl sites for hydroxylation is 1. The van der Waals surface area contributed by atoms with Gasteiger partial charge in [0.2, 0.25) is 0 Å². The normalized spacial score (nSPS) is 17.9. The van der Waals surface area contributed by atoms with Gasteiger partial charge >= 0.3 is 0 Å². The van der Waals surface area contributed by atoms with Crippen LogP contribution in [0.15, 0.2) is 60.4 Å². The molecule has 3 rings (SSSR count). The quantitative estimate of drug-likeness (QED) is 0.617. The van der Waals surface area contributed by atoms with Gasteiger partial charge in [0.05, 0.1) is 0 Å². The van der Waals surface area contributed by atoms with Crippen LogP contribution in [0, 0.1) is 12.7 Å². The van der Waals surface area contributed by atoms with Crippen LogP contribution in [0.3, 0.4) is 0 Å². The molecule has 0 radical (unpaired) electrons. The van der Waals surface area contributed by atoms with Gasteiger partial charge < -0.3 is 0 Å². The van der Waals surface area contributed by atoms with Crippen LogP contribution in [-0.2, 0) is 0 Å². The summed E-state index contributed by atoms with van der Waals surface area (Å²) in [6.45, 7) is 1.84. The van der Waals surface area contributed by atoms with Crippen LogP contribution >= 0.6 is 11.6 Å². The molecular formula is C19H15ClF2. The van der Waals surface area contributed by atoms with E-state index >= 15 is 0 Å². The van der Waals surface area contributed by atoms with Crippen molar-refractivity contribution < 1.29 is 8.78 Å². The van der Waals surface area contributed by atoms with Gasteiger partial charge in [-0.1, -0.05) is 48.0 Å². The molecule has 0 aromatic heterocycles. The molecule has 0 nitrogen and oxygen atoms in total. The highest BCUT2D eigenvalue weighted by atomic mass is 35.5. The van der Waals surface area contributed by atoms with E-state index in [1.54, 1.807) is 36.4 Å². The molecule has 22 heavy (non-hydrogen) atoms. The second-order valence-corrected chi connectivity index (χ2v) is 5.96. The Morgan fingerprint density at radius 1 is 1.05 bits per heavy atom. The highest BCUT2D eigenvalue weighted by molar-refractivity contribution is 6.30. The molecule has 1 atom stereocenters. The Kier molecular flexibility index (Phi) is 4.12. The van der Waals surface area contributed by atoms with Gasteiger partial charge in [0.15, 0.2) is 0 Å². The van der Waals surface area contributed by atoms with Crippen molar-refractivity contribution in [1.29, 1.82) is 0 Å². The number of halogens is 3. The van der Waals surface area contributed by atoms with Crippen molar-refractivity contribution in [3.63, 3.8) is 0 Å². The van der Waals surface area contributed by atoms with Crippen molar-refractivity contribution in [1.82, 2.24) is 0 Å². The molecule has 0 spiro atoms. The highest BCUT2D eigenvalue weighted by Crippen LogP contribution is 2.37. The summed E-state index contributed by atoms with van der Waals surface area (Å²) in [5, 5.41) is 0.615. The Balaban J connectivity index is 1.88. The van der Waals surface area contributed by atoms with E-state index in [9.17, 15) is 8.78 Å². The second-order valence-electron chi connectivity index (χ2n) is 5.52. The second kappa shape index (κ2) is 6.05. The van der Waals surface area contributed by atoms with E-state index in [1.165, 1.54) is 6.07 Å². The van der Waals surface area contributed by atoms with E-state index in [0.29, 0.717) is 16.2 Å². The van der Waals surface area contributed by atoms with E-state index in [4.69, 9.17) is 11.6 Å². The Bertz CT molecular complexity index is 758. The van der Waals surface area contributed by atoms with Gasteiger partial charge in [0.1, 0.15) is 11.6 Å². The fraction of sp³-hybridized carbons (Fsp3) is 0.158. The summed E-state index contributed by atoms with van der Waals surface area (Å²) in [5.41, 5.74) is 2.72. The van der Waals surface area contributed by atoms with Crippen LogP contribution < -0.4 is 0 Å². The van der Waals surface area contributed by atoms with Crippen LogP contribution in [0.25, 0.3) is 5.57 Å². The van der Waals surface area contributed by atoms with Gasteiger partial charge in [-0.2, -0.15) is 0 Å². The molecule has 2 aromatic carbocycles. The standard InChI is InChI=1S/C19H15ClF2/c1-12-2-8-17(18(21)10-12)14-5-9-16(19(22)11-14)13-3-6-15(20)7-4-13/h2-10,14H,11H2,1H3. The topological polar surface area (TPSA) is 0 Å². The van der Waals surface area contributed by atoms with Crippen molar-refractivity contribution in [3.8, 4) is 0 Å². The molecule has 0 saturated heterocycles. The van der Waals surface area contributed by atoms with Crippen LogP contribution in [0.1, 0.15) is 29.0 Å². The molecule has 0 heterocycles. The number of hydrogen-bond acceptors (Lipinski definition) is 0. The third kappa shape index (κ3) is 2.97. The summed E-state index contributed by atoms with van der Waals surface area (Å²) in [5.74, 6) is -0.774. The molecule has 0 aliphatic heterocycles. The molecule has 0 fully saturated rings. The molecule has 1 unspecified atom stereocenters. The van der Waals surface area contributed by atoms with Gasteiger partial charge in [-0.3, -0.25) is 0 Å². The number of rotatable bonds is 2. The van der Waals surface area contributed by atoms with E-state index in [2.05, 4.69) is 0 Å². The minimum atomic E-state index is -0.280. The van der Waals surface area contributed by atoms with Gasteiger partial charge in [-0.15, -0.1) is 0 Å². The molecule has 112 valence electrons. The SMILES string of the molecule is Cc1ccc(C2C=CC(c3ccc(Cl)cc3)=C(F)C2)c(F)c1. The molecule has 0 saturated carbocycles. The maximum atomic E-state index is 14.5. The summed E-state index contributed by atoms with van der Waals surface area (Å²) in [6.07, 6.45) is 3.77. The van der Waals surface area contributed by atoms with Gasteiger partial charge in [0.25, 0.3) is 0 Å². The van der Waals surface area contributed by atoms with Crippen molar-refractivity contribution in [2.75, 3.05) is 0 Å². The molecule has 0 bridgehead atoms. The first-order chi connectivity index (χ1) is 10.5. The Morgan fingerprint density at radius 3 is 2.41 bits per heavy atom. The summed E-state index contributed by atoms with van der Waals surface area (Å²) in [4.78, 5) is 0. The van der Waals surface area contributed by atoms with E-state index in [0.717, 1.165) is 11.1 Å². The lowest BCUT2D eigenvalue weighted by Crippen LogP contribution is -2.04. The maximum absolute atomic E-state index is 14.5. The highest BCUT2D eigenvalue weighted by Gasteiger charge is 2.21. The van der Waals surface area contributed by atoms with Gasteiger partial charge in [0, 0.05) is 22.9 Å². The summed E-state index contributed by atoms with van der Waals surface area (Å²) in [6, 6.07) is 12.1. The lowest BCUT2D eigenvalue weighted by atomic mass is 9.87. The van der Waals surface area contributed by atoms with Crippen LogP contribution in [0.4, 0.5) is 8.78 Å². The van der Waals surface area contributed by atoms with Gasteiger partial charge in [-0.05, 0) is 41.8 Å². The number of benzene rings is 2. The first-order valence-corrected chi connectivity index (χ1v) is 7.51. The number of hydrogen-bond donors (Lipinski definition) is 0. The summed E-state index contributed by atoms with van der Waals surface area (Å²) < 4.78 is 28.5. The summed E-state index contributed by atoms with van der Waals surface area (Å²) in [7, 11) is 0. The zero-order chi connectivity index (χ0) is 15.7. The van der Waals surface area contributed by atoms with Crippen molar-refractivity contribution in [3.05, 3.63) is 88.0 Å². The van der Waals surface area contributed by atoms with Crippen molar-refractivity contribution in [2.45, 2.75) is 19.3 Å². The molecule has 0 N–H and O–H groups in total. The van der Waals surface area contributed by atoms with E-state index in [1.807, 2.05) is 19.1 Å².